The minimum absolute atomic E-state index is 0. The molecule has 0 aromatic carbocycles. The van der Waals surface area contributed by atoms with E-state index in [4.69, 9.17) is 0 Å². The van der Waals surface area contributed by atoms with Crippen LogP contribution in [0.4, 0.5) is 0 Å². The van der Waals surface area contributed by atoms with Gasteiger partial charge in [0.05, 0.1) is 0 Å². The van der Waals surface area contributed by atoms with Gasteiger partial charge in [0, 0.05) is 62.5 Å². The molecule has 0 heterocycles. The second kappa shape index (κ2) is 21.5. The van der Waals surface area contributed by atoms with Gasteiger partial charge < -0.3 is 0 Å². The van der Waals surface area contributed by atoms with Gasteiger partial charge in [0.1, 0.15) is 0 Å². The average molecular weight is 166 g/mol. The monoisotopic (exact) mass is 166 g/mol. The van der Waals surface area contributed by atoms with Crippen LogP contribution in [0, 0.1) is 0 Å². The predicted octanol–water partition coefficient (Wildman–Crippen LogP) is -0.767. The number of hydrogen-bond acceptors (Lipinski definition) is 0. The van der Waals surface area contributed by atoms with E-state index in [1.54, 1.807) is 0 Å². The van der Waals surface area contributed by atoms with Crippen LogP contribution in [0.2, 0.25) is 0 Å². The molecule has 0 aromatic heterocycles. The summed E-state index contributed by atoms with van der Waals surface area (Å²) in [4.78, 5) is 0. The van der Waals surface area contributed by atoms with Crippen molar-refractivity contribution in [2.24, 2.45) is 0 Å². The molecule has 0 aromatic rings. The smallest absolute Gasteiger partial charge is 0 e. The van der Waals surface area contributed by atoms with Crippen LogP contribution < -0.4 is 0 Å². The fourth-order valence-corrected chi connectivity index (χ4v) is 0. The van der Waals surface area contributed by atoms with E-state index in [-0.39, 0.29) is 62.5 Å². The Labute approximate surface area is 62.2 Å². The second-order valence-electron chi connectivity index (χ2n) is 0. The topological polar surface area (TPSA) is 0 Å². The number of hydrogen-bond donors (Lipinski definition) is 0. The third-order valence-corrected chi connectivity index (χ3v) is 0. The van der Waals surface area contributed by atoms with Crippen LogP contribution in [-0.2, 0) is 34.1 Å². The molecule has 0 amide bonds. The van der Waals surface area contributed by atoms with Gasteiger partial charge in [-0.2, -0.15) is 0 Å². The van der Waals surface area contributed by atoms with E-state index in [1.165, 1.54) is 0 Å². The third kappa shape index (κ3) is 9.21. The Bertz CT molecular complexity index is 8.00. The first-order chi connectivity index (χ1) is 0. The molecule has 0 N–H and O–H groups in total. The Balaban J connectivity index is 0. The van der Waals surface area contributed by atoms with E-state index in [9.17, 15) is 0 Å². The van der Waals surface area contributed by atoms with Gasteiger partial charge in [-0.1, -0.05) is 0 Å². The van der Waals surface area contributed by atoms with Crippen molar-refractivity contribution in [2.45, 2.75) is 0 Å². The Hall–Kier alpha value is 1.79. The van der Waals surface area contributed by atoms with Gasteiger partial charge in [0.2, 0.25) is 0 Å². The summed E-state index contributed by atoms with van der Waals surface area (Å²) in [6.45, 7) is 0. The molecule has 0 spiro atoms. The summed E-state index contributed by atoms with van der Waals surface area (Å²) in [6, 6.07) is 0. The van der Waals surface area contributed by atoms with Crippen molar-refractivity contribution in [1.29, 1.82) is 0 Å². The van der Waals surface area contributed by atoms with E-state index in [1.807, 2.05) is 0 Å². The molecular weight excluding hydrogens is 166 g/mol. The van der Waals surface area contributed by atoms with Crippen LogP contribution in [0.25, 0.3) is 0 Å². The van der Waals surface area contributed by atoms with Crippen molar-refractivity contribution < 1.29 is 34.1 Å². The summed E-state index contributed by atoms with van der Waals surface area (Å²) in [5, 5.41) is 0. The van der Waals surface area contributed by atoms with Crippen molar-refractivity contribution in [3.05, 3.63) is 0 Å². The summed E-state index contributed by atoms with van der Waals surface area (Å²) in [5.41, 5.74) is 0. The number of rotatable bonds is 0. The standard InChI is InChI=1S/Al.Co.Cr.Si. The van der Waals surface area contributed by atoms with Crippen LogP contribution in [-0.4, -0.2) is 28.3 Å². The van der Waals surface area contributed by atoms with Gasteiger partial charge >= 0.3 is 0 Å². The summed E-state index contributed by atoms with van der Waals surface area (Å²) in [5.74, 6) is 0. The van der Waals surface area contributed by atoms with Crippen LogP contribution in [0.1, 0.15) is 0 Å². The zero-order valence-electron chi connectivity index (χ0n) is 1.82. The Morgan fingerprint density at radius 2 is 1.00 bits per heavy atom. The minimum atomic E-state index is 0. The molecule has 0 saturated heterocycles. The molecule has 0 atom stereocenters. The van der Waals surface area contributed by atoms with Gasteiger partial charge in [-0.25, -0.2) is 0 Å². The molecule has 0 nitrogen and oxygen atoms in total. The molecule has 0 aliphatic carbocycles. The van der Waals surface area contributed by atoms with E-state index in [0.29, 0.717) is 0 Å². The van der Waals surface area contributed by atoms with Gasteiger partial charge in [-0.15, -0.1) is 0 Å². The summed E-state index contributed by atoms with van der Waals surface area (Å²) < 4.78 is 0. The summed E-state index contributed by atoms with van der Waals surface area (Å²) in [6.07, 6.45) is 0. The Morgan fingerprint density at radius 1 is 1.00 bits per heavy atom. The summed E-state index contributed by atoms with van der Waals surface area (Å²) >= 11 is 0. The van der Waals surface area contributed by atoms with E-state index >= 15 is 0 Å². The quantitative estimate of drug-likeness (QED) is 0.414. The van der Waals surface area contributed by atoms with Crippen molar-refractivity contribution in [2.75, 3.05) is 0 Å². The Kier molecular flexibility index (Phi) is 223. The zero-order chi connectivity index (χ0) is 0. The fourth-order valence-electron chi connectivity index (χ4n) is 0. The maximum absolute atomic E-state index is 0. The largest absolute Gasteiger partial charge is 0 e. The van der Waals surface area contributed by atoms with Crippen molar-refractivity contribution in [3.63, 3.8) is 0 Å². The average Bonchev–Trinajstić information content (AvgIpc) is 0. The molecule has 8 radical (unpaired) electrons. The van der Waals surface area contributed by atoms with Gasteiger partial charge in [0.15, 0.2) is 0 Å². The fraction of sp³-hybridized carbons (Fsp3) is 0. The first-order valence-electron chi connectivity index (χ1n) is 0. The minimum Gasteiger partial charge on any atom is 0 e. The molecule has 0 unspecified atom stereocenters. The second-order valence-corrected chi connectivity index (χ2v) is 0. The molecule has 22 valence electrons. The summed E-state index contributed by atoms with van der Waals surface area (Å²) in [7, 11) is 0. The first kappa shape index (κ1) is 41.5. The maximum atomic E-state index is 0. The molecule has 0 saturated carbocycles. The van der Waals surface area contributed by atoms with E-state index in [0.717, 1.165) is 0 Å². The predicted molar refractivity (Wildman–Crippen MR) is 11.5 cm³/mol. The molecule has 0 rings (SSSR count). The van der Waals surface area contributed by atoms with Crippen LogP contribution >= 0.6 is 0 Å². The SMILES string of the molecule is [Al].[Co].[Cr].[Si]. The van der Waals surface area contributed by atoms with E-state index < -0.39 is 0 Å². The van der Waals surface area contributed by atoms with Crippen molar-refractivity contribution in [1.82, 2.24) is 0 Å². The molecule has 4 heavy (non-hydrogen) atoms. The van der Waals surface area contributed by atoms with Crippen molar-refractivity contribution >= 4 is 28.3 Å². The van der Waals surface area contributed by atoms with Crippen LogP contribution in [0.3, 0.4) is 0 Å². The van der Waals surface area contributed by atoms with Gasteiger partial charge in [0.25, 0.3) is 0 Å². The third-order valence-electron chi connectivity index (χ3n) is 0. The Morgan fingerprint density at radius 3 is 1.00 bits per heavy atom. The molecule has 4 heteroatoms. The molecule has 0 aliphatic heterocycles. The van der Waals surface area contributed by atoms with Gasteiger partial charge in [-0.3, -0.25) is 0 Å². The molecule has 0 fully saturated rings. The van der Waals surface area contributed by atoms with E-state index in [2.05, 4.69) is 0 Å². The molecular formula is AlCoCrSi. The van der Waals surface area contributed by atoms with Gasteiger partial charge in [-0.05, 0) is 0 Å². The zero-order valence-corrected chi connectivity index (χ0v) is 6.29. The normalized spacial score (nSPS) is 0. The maximum Gasteiger partial charge on any atom is 0 e. The van der Waals surface area contributed by atoms with Crippen molar-refractivity contribution in [3.8, 4) is 0 Å². The molecule has 0 aliphatic rings. The first-order valence-corrected chi connectivity index (χ1v) is 0. The molecule has 0 bridgehead atoms. The van der Waals surface area contributed by atoms with Crippen LogP contribution in [0.5, 0.6) is 0 Å². The van der Waals surface area contributed by atoms with Crippen LogP contribution in [0.15, 0.2) is 0 Å².